The number of hydrogen-bond acceptors (Lipinski definition) is 0. The quantitative estimate of drug-likeness (QED) is 0.607. The lowest BCUT2D eigenvalue weighted by atomic mass is 9.93. The molecular weight excluding hydrogens is 254 g/mol. The Labute approximate surface area is 126 Å². The lowest BCUT2D eigenvalue weighted by molar-refractivity contribution is -0.660. The van der Waals surface area contributed by atoms with Crippen LogP contribution in [0, 0.1) is 13.8 Å². The second-order valence-electron chi connectivity index (χ2n) is 5.54. The first-order valence-corrected chi connectivity index (χ1v) is 7.28. The van der Waals surface area contributed by atoms with Crippen LogP contribution in [0.1, 0.15) is 11.1 Å². The van der Waals surface area contributed by atoms with Gasteiger partial charge in [0.25, 0.3) is 0 Å². The second-order valence-corrected chi connectivity index (χ2v) is 5.54. The Bertz CT molecular complexity index is 773. The molecular formula is C20H20N+. The van der Waals surface area contributed by atoms with E-state index in [4.69, 9.17) is 0 Å². The van der Waals surface area contributed by atoms with E-state index in [0.29, 0.717) is 0 Å². The summed E-state index contributed by atoms with van der Waals surface area (Å²) < 4.78 is 2.17. The molecule has 0 amide bonds. The standard InChI is InChI=1S/C20H20N/c1-15-13-16(2)19(20-11-7-8-12-21(20)3)14-18(15)17-9-5-4-6-10-17/h4-14H,1-3H3/q+1. The summed E-state index contributed by atoms with van der Waals surface area (Å²) in [5.74, 6) is 0. The van der Waals surface area contributed by atoms with Crippen molar-refractivity contribution in [2.45, 2.75) is 13.8 Å². The minimum absolute atomic E-state index is 1.24. The van der Waals surface area contributed by atoms with Crippen molar-refractivity contribution in [1.29, 1.82) is 0 Å². The van der Waals surface area contributed by atoms with Gasteiger partial charge in [0.05, 0.1) is 0 Å². The van der Waals surface area contributed by atoms with Gasteiger partial charge in [-0.15, -0.1) is 0 Å². The van der Waals surface area contributed by atoms with Gasteiger partial charge in [-0.25, -0.2) is 4.57 Å². The first kappa shape index (κ1) is 13.6. The molecule has 0 N–H and O–H groups in total. The van der Waals surface area contributed by atoms with Crippen molar-refractivity contribution in [3.8, 4) is 22.4 Å². The SMILES string of the molecule is Cc1cc(C)c(-c2cccc[n+]2C)cc1-c1ccccc1. The highest BCUT2D eigenvalue weighted by Gasteiger charge is 2.14. The Morgan fingerprint density at radius 1 is 0.714 bits per heavy atom. The van der Waals surface area contributed by atoms with Crippen LogP contribution in [0.2, 0.25) is 0 Å². The summed E-state index contributed by atoms with van der Waals surface area (Å²) in [6, 6.07) is 21.5. The van der Waals surface area contributed by atoms with E-state index in [9.17, 15) is 0 Å². The number of aromatic nitrogens is 1. The first-order chi connectivity index (χ1) is 10.2. The number of nitrogens with zero attached hydrogens (tertiary/aromatic N) is 1. The third-order valence-electron chi connectivity index (χ3n) is 3.99. The molecule has 1 nitrogen and oxygen atoms in total. The third kappa shape index (κ3) is 2.59. The number of hydrogen-bond donors (Lipinski definition) is 0. The Kier molecular flexibility index (Phi) is 3.57. The average molecular weight is 274 g/mol. The third-order valence-corrected chi connectivity index (χ3v) is 3.99. The van der Waals surface area contributed by atoms with Gasteiger partial charge < -0.3 is 0 Å². The monoisotopic (exact) mass is 274 g/mol. The largest absolute Gasteiger partial charge is 0.212 e. The molecule has 0 aliphatic rings. The van der Waals surface area contributed by atoms with E-state index < -0.39 is 0 Å². The van der Waals surface area contributed by atoms with Crippen molar-refractivity contribution in [2.75, 3.05) is 0 Å². The molecule has 1 aromatic heterocycles. The zero-order valence-electron chi connectivity index (χ0n) is 12.8. The Balaban J connectivity index is 2.22. The lowest BCUT2D eigenvalue weighted by Gasteiger charge is -2.11. The minimum Gasteiger partial charge on any atom is -0.201 e. The van der Waals surface area contributed by atoms with E-state index in [1.54, 1.807) is 0 Å². The molecule has 0 aliphatic heterocycles. The summed E-state index contributed by atoms with van der Waals surface area (Å²) in [7, 11) is 2.09. The molecule has 0 fully saturated rings. The Hall–Kier alpha value is -2.41. The molecule has 3 aromatic rings. The van der Waals surface area contributed by atoms with Crippen molar-refractivity contribution < 1.29 is 4.57 Å². The van der Waals surface area contributed by atoms with Crippen LogP contribution in [-0.4, -0.2) is 0 Å². The molecule has 0 atom stereocenters. The number of benzene rings is 2. The van der Waals surface area contributed by atoms with Gasteiger partial charge in [-0.2, -0.15) is 0 Å². The smallest absolute Gasteiger partial charge is 0.201 e. The Morgan fingerprint density at radius 2 is 1.38 bits per heavy atom. The Morgan fingerprint density at radius 3 is 2.10 bits per heavy atom. The molecule has 0 aliphatic carbocycles. The highest BCUT2D eigenvalue weighted by Crippen LogP contribution is 2.30. The van der Waals surface area contributed by atoms with Crippen molar-refractivity contribution >= 4 is 0 Å². The van der Waals surface area contributed by atoms with Crippen LogP contribution in [0.5, 0.6) is 0 Å². The number of pyridine rings is 1. The van der Waals surface area contributed by atoms with Crippen molar-refractivity contribution in [1.82, 2.24) is 0 Å². The van der Waals surface area contributed by atoms with Crippen LogP contribution >= 0.6 is 0 Å². The van der Waals surface area contributed by atoms with Crippen molar-refractivity contribution in [3.05, 3.63) is 78.0 Å². The first-order valence-electron chi connectivity index (χ1n) is 7.28. The zero-order chi connectivity index (χ0) is 14.8. The van der Waals surface area contributed by atoms with E-state index in [1.165, 1.54) is 33.5 Å². The topological polar surface area (TPSA) is 3.88 Å². The fourth-order valence-corrected chi connectivity index (χ4v) is 2.86. The molecule has 0 spiro atoms. The van der Waals surface area contributed by atoms with Gasteiger partial charge in [-0.1, -0.05) is 36.4 Å². The van der Waals surface area contributed by atoms with Gasteiger partial charge in [-0.3, -0.25) is 0 Å². The molecule has 0 saturated carbocycles. The van der Waals surface area contributed by atoms with Crippen LogP contribution in [-0.2, 0) is 7.05 Å². The van der Waals surface area contributed by atoms with Crippen molar-refractivity contribution in [3.63, 3.8) is 0 Å². The maximum atomic E-state index is 2.31. The maximum Gasteiger partial charge on any atom is 0.212 e. The normalized spacial score (nSPS) is 10.6. The predicted molar refractivity (Wildman–Crippen MR) is 88.0 cm³/mol. The highest BCUT2D eigenvalue weighted by molar-refractivity contribution is 5.75. The lowest BCUT2D eigenvalue weighted by Crippen LogP contribution is -2.30. The van der Waals surface area contributed by atoms with Crippen molar-refractivity contribution in [2.24, 2.45) is 7.05 Å². The fourth-order valence-electron chi connectivity index (χ4n) is 2.86. The summed E-state index contributed by atoms with van der Waals surface area (Å²) in [4.78, 5) is 0. The highest BCUT2D eigenvalue weighted by atomic mass is 14.9. The molecule has 0 unspecified atom stereocenters. The van der Waals surface area contributed by atoms with Gasteiger partial charge in [-0.05, 0) is 48.2 Å². The molecule has 1 heterocycles. The molecule has 1 heteroatoms. The summed E-state index contributed by atoms with van der Waals surface area (Å²) in [5, 5.41) is 0. The van der Waals surface area contributed by atoms with E-state index >= 15 is 0 Å². The molecule has 0 radical (unpaired) electrons. The van der Waals surface area contributed by atoms with E-state index in [-0.39, 0.29) is 0 Å². The molecule has 3 rings (SSSR count). The summed E-state index contributed by atoms with van der Waals surface area (Å²) >= 11 is 0. The van der Waals surface area contributed by atoms with Gasteiger partial charge in [0.2, 0.25) is 5.69 Å². The molecule has 2 aromatic carbocycles. The van der Waals surface area contributed by atoms with Crippen LogP contribution < -0.4 is 4.57 Å². The van der Waals surface area contributed by atoms with Gasteiger partial charge in [0.1, 0.15) is 7.05 Å². The second kappa shape index (κ2) is 5.53. The summed E-state index contributed by atoms with van der Waals surface area (Å²) in [6.45, 7) is 4.37. The average Bonchev–Trinajstić information content (AvgIpc) is 2.49. The number of rotatable bonds is 2. The van der Waals surface area contributed by atoms with Crippen LogP contribution in [0.15, 0.2) is 66.9 Å². The van der Waals surface area contributed by atoms with E-state index in [0.717, 1.165) is 0 Å². The molecule has 0 bridgehead atoms. The predicted octanol–water partition coefficient (Wildman–Crippen LogP) is 4.46. The van der Waals surface area contributed by atoms with Gasteiger partial charge in [0, 0.05) is 17.7 Å². The van der Waals surface area contributed by atoms with Crippen LogP contribution in [0.4, 0.5) is 0 Å². The van der Waals surface area contributed by atoms with Gasteiger partial charge >= 0.3 is 0 Å². The zero-order valence-corrected chi connectivity index (χ0v) is 12.8. The summed E-state index contributed by atoms with van der Waals surface area (Å²) in [6.07, 6.45) is 2.09. The maximum absolute atomic E-state index is 2.31. The van der Waals surface area contributed by atoms with Gasteiger partial charge in [0.15, 0.2) is 6.20 Å². The number of aryl methyl sites for hydroxylation is 3. The van der Waals surface area contributed by atoms with E-state index in [1.807, 2.05) is 0 Å². The van der Waals surface area contributed by atoms with Crippen LogP contribution in [0.3, 0.4) is 0 Å². The fraction of sp³-hybridized carbons (Fsp3) is 0.150. The summed E-state index contributed by atoms with van der Waals surface area (Å²) in [5.41, 5.74) is 7.75. The molecule has 21 heavy (non-hydrogen) atoms. The van der Waals surface area contributed by atoms with Crippen LogP contribution in [0.25, 0.3) is 22.4 Å². The molecule has 0 saturated heterocycles. The minimum atomic E-state index is 1.24. The molecule has 104 valence electrons. The van der Waals surface area contributed by atoms with E-state index in [2.05, 4.69) is 92.3 Å².